The fraction of sp³-hybridized carbons (Fsp3) is 0.412. The first-order valence-corrected chi connectivity index (χ1v) is 15.3. The Hall–Kier alpha value is -4.31. The normalized spacial score (nSPS) is 19.4. The SMILES string of the molecule is CCC(CC)NC(=O)Nc1ccc(Oc2ccc(NC(=O)c3ccc(OC45CCCC(CC4)N5C)c(F)c3)cc2)c(OC)c1. The highest BCUT2D eigenvalue weighted by atomic mass is 19.1. The second kappa shape index (κ2) is 13.5. The van der Waals surface area contributed by atoms with Crippen molar-refractivity contribution in [2.75, 3.05) is 24.8 Å². The number of anilines is 2. The number of amides is 3. The second-order valence-electron chi connectivity index (χ2n) is 11.4. The molecule has 2 saturated heterocycles. The number of rotatable bonds is 11. The second-order valence-corrected chi connectivity index (χ2v) is 11.4. The first-order valence-electron chi connectivity index (χ1n) is 15.3. The van der Waals surface area contributed by atoms with E-state index in [1.807, 2.05) is 13.8 Å². The van der Waals surface area contributed by atoms with Gasteiger partial charge in [-0.1, -0.05) is 13.8 Å². The fourth-order valence-corrected chi connectivity index (χ4v) is 6.06. The van der Waals surface area contributed by atoms with Gasteiger partial charge in [0.2, 0.25) is 0 Å². The first kappa shape index (κ1) is 31.1. The molecule has 0 spiro atoms. The van der Waals surface area contributed by atoms with Gasteiger partial charge in [0.15, 0.2) is 28.8 Å². The van der Waals surface area contributed by atoms with Gasteiger partial charge in [-0.15, -0.1) is 0 Å². The van der Waals surface area contributed by atoms with Crippen LogP contribution in [-0.2, 0) is 0 Å². The van der Waals surface area contributed by atoms with Crippen LogP contribution in [0.25, 0.3) is 0 Å². The summed E-state index contributed by atoms with van der Waals surface area (Å²) >= 11 is 0. The topological polar surface area (TPSA) is 101 Å². The highest BCUT2D eigenvalue weighted by Crippen LogP contribution is 2.44. The standard InChI is InChI=1S/C34H41FN4O5/c1-5-23(6-2)37-33(41)38-25-12-16-30(31(21-25)42-4)43-27-13-10-24(11-14-27)36-32(40)22-9-15-29(28(35)20-22)44-34-18-7-8-26(17-19-34)39(34)3/h9-16,20-21,23,26H,5-8,17-19H2,1-4H3,(H,36,40)(H2,37,38,41). The molecule has 3 aromatic carbocycles. The van der Waals surface area contributed by atoms with Crippen molar-refractivity contribution in [1.29, 1.82) is 0 Å². The Morgan fingerprint density at radius 3 is 2.36 bits per heavy atom. The van der Waals surface area contributed by atoms with Crippen molar-refractivity contribution in [1.82, 2.24) is 10.2 Å². The average molecular weight is 605 g/mol. The summed E-state index contributed by atoms with van der Waals surface area (Å²) in [5.41, 5.74) is 0.822. The smallest absolute Gasteiger partial charge is 0.319 e. The highest BCUT2D eigenvalue weighted by Gasteiger charge is 2.49. The summed E-state index contributed by atoms with van der Waals surface area (Å²) in [7, 11) is 3.57. The van der Waals surface area contributed by atoms with Crippen molar-refractivity contribution < 1.29 is 28.2 Å². The van der Waals surface area contributed by atoms with Gasteiger partial charge >= 0.3 is 6.03 Å². The van der Waals surface area contributed by atoms with Crippen molar-refractivity contribution in [3.8, 4) is 23.0 Å². The van der Waals surface area contributed by atoms with Gasteiger partial charge in [-0.05, 0) is 93.7 Å². The summed E-state index contributed by atoms with van der Waals surface area (Å²) in [6, 6.07) is 16.6. The fourth-order valence-electron chi connectivity index (χ4n) is 6.06. The van der Waals surface area contributed by atoms with Gasteiger partial charge in [0.25, 0.3) is 5.91 Å². The van der Waals surface area contributed by atoms with Crippen LogP contribution >= 0.6 is 0 Å². The summed E-state index contributed by atoms with van der Waals surface area (Å²) in [4.78, 5) is 27.4. The van der Waals surface area contributed by atoms with E-state index in [0.717, 1.165) is 44.9 Å². The summed E-state index contributed by atoms with van der Waals surface area (Å²) in [6.07, 6.45) is 6.71. The Morgan fingerprint density at radius 1 is 0.932 bits per heavy atom. The van der Waals surface area contributed by atoms with Crippen molar-refractivity contribution in [2.45, 2.75) is 76.6 Å². The van der Waals surface area contributed by atoms with Gasteiger partial charge in [-0.2, -0.15) is 0 Å². The number of halogens is 1. The largest absolute Gasteiger partial charge is 0.493 e. The van der Waals surface area contributed by atoms with E-state index >= 15 is 4.39 Å². The minimum Gasteiger partial charge on any atom is -0.493 e. The van der Waals surface area contributed by atoms with E-state index in [1.165, 1.54) is 13.2 Å². The van der Waals surface area contributed by atoms with Gasteiger partial charge < -0.3 is 30.2 Å². The zero-order chi connectivity index (χ0) is 31.3. The molecular weight excluding hydrogens is 563 g/mol. The maximum atomic E-state index is 15.1. The number of fused-ring (bicyclic) bond motifs is 2. The molecule has 0 saturated carbocycles. The van der Waals surface area contributed by atoms with Crippen LogP contribution in [0, 0.1) is 5.82 Å². The number of urea groups is 1. The van der Waals surface area contributed by atoms with Crippen molar-refractivity contribution in [3.05, 3.63) is 72.0 Å². The molecule has 9 nitrogen and oxygen atoms in total. The van der Waals surface area contributed by atoms with E-state index in [9.17, 15) is 9.59 Å². The van der Waals surface area contributed by atoms with Crippen LogP contribution in [0.4, 0.5) is 20.6 Å². The van der Waals surface area contributed by atoms with Crippen LogP contribution in [0.2, 0.25) is 0 Å². The lowest BCUT2D eigenvalue weighted by Crippen LogP contribution is -2.52. The number of piperidine rings is 1. The molecule has 2 atom stereocenters. The molecule has 2 aliphatic rings. The molecule has 0 radical (unpaired) electrons. The van der Waals surface area contributed by atoms with Crippen molar-refractivity contribution >= 4 is 23.3 Å². The van der Waals surface area contributed by atoms with Crippen LogP contribution in [0.15, 0.2) is 60.7 Å². The zero-order valence-electron chi connectivity index (χ0n) is 25.7. The maximum absolute atomic E-state index is 15.1. The molecule has 10 heteroatoms. The third kappa shape index (κ3) is 6.91. The molecule has 3 N–H and O–H groups in total. The third-order valence-corrected chi connectivity index (χ3v) is 8.74. The van der Waals surface area contributed by atoms with E-state index in [4.69, 9.17) is 14.2 Å². The maximum Gasteiger partial charge on any atom is 0.319 e. The van der Waals surface area contributed by atoms with E-state index in [-0.39, 0.29) is 23.4 Å². The highest BCUT2D eigenvalue weighted by molar-refractivity contribution is 6.04. The number of ether oxygens (including phenoxy) is 3. The number of hydrogen-bond acceptors (Lipinski definition) is 6. The number of nitrogens with zero attached hydrogens (tertiary/aromatic N) is 1. The average Bonchev–Trinajstić information content (AvgIpc) is 3.17. The summed E-state index contributed by atoms with van der Waals surface area (Å²) in [5, 5.41) is 8.55. The molecule has 2 bridgehead atoms. The predicted molar refractivity (Wildman–Crippen MR) is 168 cm³/mol. The Labute approximate surface area is 258 Å². The first-order chi connectivity index (χ1) is 21.2. The van der Waals surface area contributed by atoms with E-state index in [0.29, 0.717) is 34.7 Å². The molecule has 3 aromatic rings. The Bertz CT molecular complexity index is 1470. The number of nitrogens with one attached hydrogen (secondary N) is 3. The molecule has 234 valence electrons. The van der Waals surface area contributed by atoms with Gasteiger partial charge in [-0.25, -0.2) is 9.18 Å². The molecule has 44 heavy (non-hydrogen) atoms. The Morgan fingerprint density at radius 2 is 1.66 bits per heavy atom. The summed E-state index contributed by atoms with van der Waals surface area (Å²) < 4.78 is 32.8. The van der Waals surface area contributed by atoms with Crippen molar-refractivity contribution in [3.63, 3.8) is 0 Å². The Balaban J connectivity index is 1.18. The minimum absolute atomic E-state index is 0.108. The molecule has 3 amide bonds. The monoisotopic (exact) mass is 604 g/mol. The lowest BCUT2D eigenvalue weighted by atomic mass is 10.0. The molecular formula is C34H41FN4O5. The van der Waals surface area contributed by atoms with E-state index < -0.39 is 17.4 Å². The molecule has 2 aliphatic heterocycles. The predicted octanol–water partition coefficient (Wildman–Crippen LogP) is 7.54. The van der Waals surface area contributed by atoms with Crippen LogP contribution in [0.5, 0.6) is 23.0 Å². The van der Waals surface area contributed by atoms with Crippen LogP contribution in [-0.4, -0.2) is 48.8 Å². The lowest BCUT2D eigenvalue weighted by molar-refractivity contribution is -0.0842. The number of benzene rings is 3. The zero-order valence-corrected chi connectivity index (χ0v) is 25.7. The van der Waals surface area contributed by atoms with Gasteiger partial charge in [-0.3, -0.25) is 9.69 Å². The molecule has 2 fully saturated rings. The van der Waals surface area contributed by atoms with Gasteiger partial charge in [0.05, 0.1) is 7.11 Å². The Kier molecular flexibility index (Phi) is 9.58. The molecule has 0 aromatic heterocycles. The van der Waals surface area contributed by atoms with Gasteiger partial charge in [0.1, 0.15) is 5.75 Å². The summed E-state index contributed by atoms with van der Waals surface area (Å²) in [6.45, 7) is 4.05. The lowest BCUT2D eigenvalue weighted by Gasteiger charge is -2.42. The molecule has 5 rings (SSSR count). The molecule has 0 aliphatic carbocycles. The van der Waals surface area contributed by atoms with Crippen molar-refractivity contribution in [2.24, 2.45) is 0 Å². The number of carbonyl (C=O) groups is 2. The van der Waals surface area contributed by atoms with E-state index in [1.54, 1.807) is 54.6 Å². The van der Waals surface area contributed by atoms with Gasteiger partial charge in [0, 0.05) is 47.9 Å². The van der Waals surface area contributed by atoms with Crippen LogP contribution < -0.4 is 30.2 Å². The minimum atomic E-state index is -0.555. The third-order valence-electron chi connectivity index (χ3n) is 8.74. The number of hydrogen-bond donors (Lipinski definition) is 3. The number of carbonyl (C=O) groups excluding carboxylic acids is 2. The quantitative estimate of drug-likeness (QED) is 0.209. The molecule has 2 unspecified atom stereocenters. The van der Waals surface area contributed by atoms with Crippen LogP contribution in [0.1, 0.15) is 69.2 Å². The number of methoxy groups -OCH3 is 1. The molecule has 2 heterocycles. The van der Waals surface area contributed by atoms with Crippen LogP contribution in [0.3, 0.4) is 0 Å². The summed E-state index contributed by atoms with van der Waals surface area (Å²) in [5.74, 6) is 0.597. The van der Waals surface area contributed by atoms with E-state index in [2.05, 4.69) is 27.9 Å².